The number of alkyl halides is 1. The fraction of sp³-hybridized carbons (Fsp3) is 0.222. The Hall–Kier alpha value is -0.300. The third kappa shape index (κ3) is 3.13. The van der Waals surface area contributed by atoms with Crippen molar-refractivity contribution in [1.29, 1.82) is 0 Å². The first-order valence-electron chi connectivity index (χ1n) is 3.98. The van der Waals surface area contributed by atoms with Crippen LogP contribution < -0.4 is 5.32 Å². The lowest BCUT2D eigenvalue weighted by Crippen LogP contribution is -2.25. The minimum atomic E-state index is -0.250. The molecule has 76 valence electrons. The molecule has 0 spiro atoms. The fourth-order valence-corrected chi connectivity index (χ4v) is 1.64. The number of carbonyl (C=O) groups is 1. The second-order valence-corrected chi connectivity index (χ2v) is 4.64. The molecular formula is C9H9BrINO2. The molecule has 0 bridgehead atoms. The molecule has 0 atom stereocenters. The maximum atomic E-state index is 11.5. The fourth-order valence-electron chi connectivity index (χ4n) is 0.946. The Balaban J connectivity index is 2.83. The number of halogens is 2. The summed E-state index contributed by atoms with van der Waals surface area (Å²) in [7, 11) is 0. The molecule has 0 saturated heterocycles. The lowest BCUT2D eigenvalue weighted by atomic mass is 10.2. The number of phenolic OH excluding ortho intramolecular Hbond substituents is 1. The van der Waals surface area contributed by atoms with Gasteiger partial charge < -0.3 is 10.4 Å². The third-order valence-corrected chi connectivity index (χ3v) is 2.65. The maximum Gasteiger partial charge on any atom is 0.255 e. The van der Waals surface area contributed by atoms with E-state index >= 15 is 0 Å². The monoisotopic (exact) mass is 369 g/mol. The minimum absolute atomic E-state index is 0.0116. The Kier molecular flexibility index (Phi) is 4.67. The van der Waals surface area contributed by atoms with Gasteiger partial charge in [0.1, 0.15) is 5.75 Å². The molecule has 5 heteroatoms. The summed E-state index contributed by atoms with van der Waals surface area (Å²) in [4.78, 5) is 11.5. The van der Waals surface area contributed by atoms with E-state index in [1.165, 1.54) is 6.07 Å². The van der Waals surface area contributed by atoms with Gasteiger partial charge in [0.15, 0.2) is 0 Å². The number of hydrogen-bond donors (Lipinski definition) is 2. The number of nitrogens with one attached hydrogen (secondary N) is 1. The van der Waals surface area contributed by atoms with Gasteiger partial charge in [0.05, 0.1) is 5.56 Å². The van der Waals surface area contributed by atoms with E-state index in [1.807, 2.05) is 0 Å². The minimum Gasteiger partial charge on any atom is -0.507 e. The first-order chi connectivity index (χ1) is 6.65. The van der Waals surface area contributed by atoms with Crippen LogP contribution in [-0.2, 0) is 0 Å². The van der Waals surface area contributed by atoms with Gasteiger partial charge in [-0.1, -0.05) is 15.9 Å². The summed E-state index contributed by atoms with van der Waals surface area (Å²) in [5, 5.41) is 12.8. The molecule has 14 heavy (non-hydrogen) atoms. The predicted octanol–water partition coefficient (Wildman–Crippen LogP) is 2.12. The van der Waals surface area contributed by atoms with E-state index in [2.05, 4.69) is 43.8 Å². The van der Waals surface area contributed by atoms with Crippen molar-refractivity contribution in [3.05, 3.63) is 27.3 Å². The van der Waals surface area contributed by atoms with Crippen LogP contribution in [0.4, 0.5) is 0 Å². The topological polar surface area (TPSA) is 49.3 Å². The van der Waals surface area contributed by atoms with Gasteiger partial charge in [0.2, 0.25) is 0 Å². The number of rotatable bonds is 3. The van der Waals surface area contributed by atoms with Crippen LogP contribution in [0.25, 0.3) is 0 Å². The van der Waals surface area contributed by atoms with Crippen LogP contribution in [0, 0.1) is 3.57 Å². The van der Waals surface area contributed by atoms with Crippen molar-refractivity contribution in [2.75, 3.05) is 11.9 Å². The highest BCUT2D eigenvalue weighted by Crippen LogP contribution is 2.19. The lowest BCUT2D eigenvalue weighted by molar-refractivity contribution is 0.0953. The van der Waals surface area contributed by atoms with Crippen molar-refractivity contribution in [3.8, 4) is 5.75 Å². The molecule has 0 fully saturated rings. The van der Waals surface area contributed by atoms with Gasteiger partial charge in [-0.15, -0.1) is 0 Å². The Morgan fingerprint density at radius 3 is 2.93 bits per heavy atom. The molecule has 0 saturated carbocycles. The number of phenols is 1. The average Bonchev–Trinajstić information content (AvgIpc) is 2.18. The summed E-state index contributed by atoms with van der Waals surface area (Å²) in [6, 6.07) is 4.92. The van der Waals surface area contributed by atoms with Crippen LogP contribution >= 0.6 is 38.5 Å². The number of carbonyl (C=O) groups excluding carboxylic acids is 1. The summed E-state index contributed by atoms with van der Waals surface area (Å²) < 4.78 is 0.921. The predicted molar refractivity (Wildman–Crippen MR) is 67.0 cm³/mol. The van der Waals surface area contributed by atoms with Crippen molar-refractivity contribution in [1.82, 2.24) is 5.32 Å². The number of amides is 1. The third-order valence-electron chi connectivity index (χ3n) is 1.58. The second-order valence-electron chi connectivity index (χ2n) is 2.61. The van der Waals surface area contributed by atoms with Gasteiger partial charge >= 0.3 is 0 Å². The Morgan fingerprint density at radius 2 is 2.29 bits per heavy atom. The Morgan fingerprint density at radius 1 is 1.57 bits per heavy atom. The van der Waals surface area contributed by atoms with Gasteiger partial charge in [-0.05, 0) is 40.8 Å². The van der Waals surface area contributed by atoms with Crippen molar-refractivity contribution >= 4 is 44.4 Å². The molecule has 0 heterocycles. The summed E-state index contributed by atoms with van der Waals surface area (Å²) in [6.45, 7) is 0.545. The molecule has 1 aromatic rings. The summed E-state index contributed by atoms with van der Waals surface area (Å²) in [6.07, 6.45) is 0. The van der Waals surface area contributed by atoms with Gasteiger partial charge in [-0.2, -0.15) is 0 Å². The normalized spacial score (nSPS) is 9.86. The number of aromatic hydroxyl groups is 1. The molecule has 3 nitrogen and oxygen atoms in total. The molecular weight excluding hydrogens is 361 g/mol. The lowest BCUT2D eigenvalue weighted by Gasteiger charge is -2.05. The summed E-state index contributed by atoms with van der Waals surface area (Å²) in [5.74, 6) is -0.238. The molecule has 0 unspecified atom stereocenters. The van der Waals surface area contributed by atoms with Crippen LogP contribution in [0.1, 0.15) is 10.4 Å². The number of benzene rings is 1. The SMILES string of the molecule is O=C(NCCBr)c1cc(I)ccc1O. The first-order valence-corrected chi connectivity index (χ1v) is 6.18. The zero-order valence-corrected chi connectivity index (χ0v) is 11.0. The molecule has 0 radical (unpaired) electrons. The van der Waals surface area contributed by atoms with E-state index in [0.717, 1.165) is 3.57 Å². The van der Waals surface area contributed by atoms with Crippen molar-refractivity contribution < 1.29 is 9.90 Å². The van der Waals surface area contributed by atoms with E-state index in [9.17, 15) is 9.90 Å². The van der Waals surface area contributed by atoms with Crippen LogP contribution in [0.3, 0.4) is 0 Å². The van der Waals surface area contributed by atoms with Crippen molar-refractivity contribution in [2.45, 2.75) is 0 Å². The van der Waals surface area contributed by atoms with E-state index < -0.39 is 0 Å². The molecule has 0 aliphatic rings. The van der Waals surface area contributed by atoms with Crippen LogP contribution in [0.15, 0.2) is 18.2 Å². The highest BCUT2D eigenvalue weighted by Gasteiger charge is 2.10. The van der Waals surface area contributed by atoms with Gasteiger partial charge in [-0.25, -0.2) is 0 Å². The second kappa shape index (κ2) is 5.55. The maximum absolute atomic E-state index is 11.5. The molecule has 1 aromatic carbocycles. The zero-order valence-electron chi connectivity index (χ0n) is 7.26. The first kappa shape index (κ1) is 11.8. The molecule has 0 aliphatic carbocycles. The molecule has 0 aromatic heterocycles. The van der Waals surface area contributed by atoms with E-state index in [-0.39, 0.29) is 11.7 Å². The highest BCUT2D eigenvalue weighted by atomic mass is 127. The van der Waals surface area contributed by atoms with Gasteiger partial charge in [0, 0.05) is 15.4 Å². The molecule has 1 amide bonds. The van der Waals surface area contributed by atoms with Gasteiger partial charge in [-0.3, -0.25) is 4.79 Å². The Bertz CT molecular complexity index is 344. The molecule has 2 N–H and O–H groups in total. The van der Waals surface area contributed by atoms with E-state index in [4.69, 9.17) is 0 Å². The smallest absolute Gasteiger partial charge is 0.255 e. The summed E-state index contributed by atoms with van der Waals surface area (Å²) in [5.41, 5.74) is 0.317. The van der Waals surface area contributed by atoms with Crippen LogP contribution in [0.5, 0.6) is 5.75 Å². The standard InChI is InChI=1S/C9H9BrINO2/c10-3-4-12-9(14)7-5-6(11)1-2-8(7)13/h1-2,5,13H,3-4H2,(H,12,14). The number of hydrogen-bond acceptors (Lipinski definition) is 2. The summed E-state index contributed by atoms with van der Waals surface area (Å²) >= 11 is 5.30. The van der Waals surface area contributed by atoms with E-state index in [1.54, 1.807) is 12.1 Å². The van der Waals surface area contributed by atoms with Crippen LogP contribution in [0.2, 0.25) is 0 Å². The Labute approximate surface area is 104 Å². The highest BCUT2D eigenvalue weighted by molar-refractivity contribution is 14.1. The largest absolute Gasteiger partial charge is 0.507 e. The van der Waals surface area contributed by atoms with E-state index in [0.29, 0.717) is 17.4 Å². The average molecular weight is 370 g/mol. The molecule has 0 aliphatic heterocycles. The zero-order chi connectivity index (χ0) is 10.6. The van der Waals surface area contributed by atoms with Gasteiger partial charge in [0.25, 0.3) is 5.91 Å². The van der Waals surface area contributed by atoms with Crippen molar-refractivity contribution in [2.24, 2.45) is 0 Å². The van der Waals surface area contributed by atoms with Crippen LogP contribution in [-0.4, -0.2) is 22.9 Å². The quantitative estimate of drug-likeness (QED) is 0.633. The molecule has 1 rings (SSSR count). The van der Waals surface area contributed by atoms with Crippen molar-refractivity contribution in [3.63, 3.8) is 0 Å².